The summed E-state index contributed by atoms with van der Waals surface area (Å²) < 4.78 is 10.7. The molecule has 0 N–H and O–H groups in total. The van der Waals surface area contributed by atoms with Gasteiger partial charge in [0, 0.05) is 0 Å². The molecule has 2 atom stereocenters. The highest BCUT2D eigenvalue weighted by Gasteiger charge is 2.20. The van der Waals surface area contributed by atoms with Crippen molar-refractivity contribution in [2.45, 2.75) is 32.4 Å². The summed E-state index contributed by atoms with van der Waals surface area (Å²) in [5, 5.41) is 0. The van der Waals surface area contributed by atoms with Crippen LogP contribution in [0.1, 0.15) is 20.3 Å². The van der Waals surface area contributed by atoms with Gasteiger partial charge in [-0.3, -0.25) is 0 Å². The Labute approximate surface area is 77.7 Å². The molecule has 2 rings (SSSR count). The molecule has 2 aliphatic heterocycles. The van der Waals surface area contributed by atoms with Gasteiger partial charge in [-0.05, 0) is 13.8 Å². The van der Waals surface area contributed by atoms with Crippen LogP contribution in [0.15, 0.2) is 9.98 Å². The van der Waals surface area contributed by atoms with Gasteiger partial charge in [-0.2, -0.15) is 0 Å². The van der Waals surface area contributed by atoms with E-state index in [4.69, 9.17) is 9.47 Å². The smallest absolute Gasteiger partial charge is 0.193 e. The number of ether oxygens (including phenoxy) is 2. The Hall–Kier alpha value is -1.06. The van der Waals surface area contributed by atoms with E-state index in [0.717, 1.165) is 11.8 Å². The lowest BCUT2D eigenvalue weighted by Crippen LogP contribution is -2.08. The Morgan fingerprint density at radius 3 is 1.85 bits per heavy atom. The summed E-state index contributed by atoms with van der Waals surface area (Å²) >= 11 is 0. The first-order chi connectivity index (χ1) is 6.24. The second-order valence-corrected chi connectivity index (χ2v) is 3.54. The summed E-state index contributed by atoms with van der Waals surface area (Å²) in [6.45, 7) is 5.45. The molecule has 13 heavy (non-hydrogen) atoms. The molecule has 4 nitrogen and oxygen atoms in total. The molecule has 72 valence electrons. The fourth-order valence-electron chi connectivity index (χ4n) is 1.40. The molecule has 2 aliphatic rings. The monoisotopic (exact) mass is 182 g/mol. The van der Waals surface area contributed by atoms with Crippen LogP contribution in [0.3, 0.4) is 0 Å². The highest BCUT2D eigenvalue weighted by Crippen LogP contribution is 2.11. The van der Waals surface area contributed by atoms with Gasteiger partial charge in [0.15, 0.2) is 11.8 Å². The van der Waals surface area contributed by atoms with Crippen molar-refractivity contribution in [2.24, 2.45) is 9.98 Å². The number of nitrogens with zero attached hydrogens (tertiary/aromatic N) is 2. The zero-order chi connectivity index (χ0) is 9.26. The molecule has 0 aromatic heterocycles. The molecular formula is C9H14N2O2. The van der Waals surface area contributed by atoms with E-state index in [9.17, 15) is 0 Å². The maximum Gasteiger partial charge on any atom is 0.193 e. The van der Waals surface area contributed by atoms with E-state index in [-0.39, 0.29) is 12.1 Å². The minimum Gasteiger partial charge on any atom is -0.478 e. The van der Waals surface area contributed by atoms with E-state index in [1.165, 1.54) is 0 Å². The lowest BCUT2D eigenvalue weighted by molar-refractivity contribution is 0.304. The van der Waals surface area contributed by atoms with Gasteiger partial charge in [0.2, 0.25) is 0 Å². The van der Waals surface area contributed by atoms with Gasteiger partial charge in [-0.25, -0.2) is 9.98 Å². The lowest BCUT2D eigenvalue weighted by Gasteiger charge is -2.00. The molecule has 0 fully saturated rings. The molecule has 2 heterocycles. The van der Waals surface area contributed by atoms with Gasteiger partial charge in [0.25, 0.3) is 0 Å². The average molecular weight is 182 g/mol. The molecule has 0 amide bonds. The Bertz CT molecular complexity index is 234. The quantitative estimate of drug-likeness (QED) is 0.639. The number of rotatable bonds is 2. The first-order valence-corrected chi connectivity index (χ1v) is 4.63. The van der Waals surface area contributed by atoms with Crippen molar-refractivity contribution in [2.75, 3.05) is 13.2 Å². The largest absolute Gasteiger partial charge is 0.478 e. The summed E-state index contributed by atoms with van der Waals surface area (Å²) in [7, 11) is 0. The Balaban J connectivity index is 1.92. The molecule has 0 saturated heterocycles. The van der Waals surface area contributed by atoms with Crippen LogP contribution in [0, 0.1) is 0 Å². The molecule has 0 unspecified atom stereocenters. The molecule has 0 aromatic rings. The van der Waals surface area contributed by atoms with Crippen LogP contribution in [0.2, 0.25) is 0 Å². The molecule has 0 saturated carbocycles. The minimum atomic E-state index is 0.287. The van der Waals surface area contributed by atoms with Crippen LogP contribution in [0.5, 0.6) is 0 Å². The maximum atomic E-state index is 5.35. The standard InChI is InChI=1S/C9H14N2O2/c1-6-4-12-8(10-6)3-9-11-7(2)5-13-9/h6-7H,3-5H2,1-2H3/t6-,7-/m1/s1. The van der Waals surface area contributed by atoms with Crippen LogP contribution in [-0.4, -0.2) is 37.1 Å². The van der Waals surface area contributed by atoms with Gasteiger partial charge in [-0.15, -0.1) is 0 Å². The van der Waals surface area contributed by atoms with Gasteiger partial charge in [-0.1, -0.05) is 0 Å². The van der Waals surface area contributed by atoms with Crippen LogP contribution in [0.4, 0.5) is 0 Å². The van der Waals surface area contributed by atoms with E-state index >= 15 is 0 Å². The molecular weight excluding hydrogens is 168 g/mol. The lowest BCUT2D eigenvalue weighted by atomic mass is 10.4. The molecule has 4 heteroatoms. The molecule has 0 aliphatic carbocycles. The number of hydrogen-bond acceptors (Lipinski definition) is 4. The van der Waals surface area contributed by atoms with Gasteiger partial charge < -0.3 is 9.47 Å². The van der Waals surface area contributed by atoms with Crippen molar-refractivity contribution in [3.8, 4) is 0 Å². The third kappa shape index (κ3) is 1.99. The van der Waals surface area contributed by atoms with Crippen LogP contribution in [0.25, 0.3) is 0 Å². The van der Waals surface area contributed by atoms with Crippen molar-refractivity contribution in [1.82, 2.24) is 0 Å². The highest BCUT2D eigenvalue weighted by molar-refractivity contribution is 5.98. The summed E-state index contributed by atoms with van der Waals surface area (Å²) in [4.78, 5) is 8.62. The topological polar surface area (TPSA) is 43.2 Å². The van der Waals surface area contributed by atoms with Crippen molar-refractivity contribution in [3.05, 3.63) is 0 Å². The first kappa shape index (κ1) is 8.53. The summed E-state index contributed by atoms with van der Waals surface area (Å²) in [5.41, 5.74) is 0. The van der Waals surface area contributed by atoms with Crippen molar-refractivity contribution < 1.29 is 9.47 Å². The Morgan fingerprint density at radius 1 is 1.08 bits per heavy atom. The summed E-state index contributed by atoms with van der Waals surface area (Å²) in [6, 6.07) is 0.573. The fourth-order valence-corrected chi connectivity index (χ4v) is 1.40. The van der Waals surface area contributed by atoms with E-state index in [2.05, 4.69) is 9.98 Å². The molecule has 0 spiro atoms. The van der Waals surface area contributed by atoms with Crippen molar-refractivity contribution in [1.29, 1.82) is 0 Å². The summed E-state index contributed by atoms with van der Waals surface area (Å²) in [6.07, 6.45) is 0.620. The Morgan fingerprint density at radius 2 is 1.54 bits per heavy atom. The van der Waals surface area contributed by atoms with Gasteiger partial charge in [0.1, 0.15) is 13.2 Å². The third-order valence-electron chi connectivity index (χ3n) is 2.01. The maximum absolute atomic E-state index is 5.35. The third-order valence-corrected chi connectivity index (χ3v) is 2.01. The van der Waals surface area contributed by atoms with Crippen molar-refractivity contribution in [3.63, 3.8) is 0 Å². The normalized spacial score (nSPS) is 32.2. The fraction of sp³-hybridized carbons (Fsp3) is 0.778. The number of aliphatic imine (C=N–C) groups is 2. The summed E-state index contributed by atoms with van der Waals surface area (Å²) in [5.74, 6) is 1.53. The number of hydrogen-bond donors (Lipinski definition) is 0. The van der Waals surface area contributed by atoms with Crippen LogP contribution >= 0.6 is 0 Å². The van der Waals surface area contributed by atoms with E-state index in [1.54, 1.807) is 0 Å². The van der Waals surface area contributed by atoms with E-state index in [0.29, 0.717) is 19.6 Å². The van der Waals surface area contributed by atoms with E-state index < -0.39 is 0 Å². The van der Waals surface area contributed by atoms with Gasteiger partial charge >= 0.3 is 0 Å². The van der Waals surface area contributed by atoms with E-state index in [1.807, 2.05) is 13.8 Å². The second kappa shape index (κ2) is 3.36. The SMILES string of the molecule is C[C@@H]1COC(CC2=N[C@H](C)CO2)=N1. The van der Waals surface area contributed by atoms with Crippen LogP contribution in [-0.2, 0) is 9.47 Å². The first-order valence-electron chi connectivity index (χ1n) is 4.63. The van der Waals surface area contributed by atoms with Crippen LogP contribution < -0.4 is 0 Å². The predicted octanol–water partition coefficient (Wildman–Crippen LogP) is 1.01. The highest BCUT2D eigenvalue weighted by atomic mass is 16.5. The predicted molar refractivity (Wildman–Crippen MR) is 50.3 cm³/mol. The molecule has 0 radical (unpaired) electrons. The Kier molecular flexibility index (Phi) is 2.20. The minimum absolute atomic E-state index is 0.287. The van der Waals surface area contributed by atoms with Crippen molar-refractivity contribution >= 4 is 11.8 Å². The zero-order valence-corrected chi connectivity index (χ0v) is 7.99. The zero-order valence-electron chi connectivity index (χ0n) is 7.99. The second-order valence-electron chi connectivity index (χ2n) is 3.54. The molecule has 0 bridgehead atoms. The average Bonchev–Trinajstić information content (AvgIpc) is 2.62. The van der Waals surface area contributed by atoms with Gasteiger partial charge in [0.05, 0.1) is 18.5 Å². The molecule has 0 aromatic carbocycles.